The molecule has 3 N–H and O–H groups in total. The van der Waals surface area contributed by atoms with Crippen LogP contribution < -0.4 is 0 Å². The number of hydrogen-bond donors (Lipinski definition) is 3. The molecule has 0 spiro atoms. The molecule has 72 heavy (non-hydrogen) atoms. The van der Waals surface area contributed by atoms with Crippen LogP contribution in [0.25, 0.3) is 21.5 Å². The second kappa shape index (κ2) is 19.1. The number of methoxy groups -OCH3 is 3. The van der Waals surface area contributed by atoms with Crippen LogP contribution in [0.2, 0.25) is 0 Å². The summed E-state index contributed by atoms with van der Waals surface area (Å²) in [7, 11) is 4.10. The molecule has 0 saturated carbocycles. The molecule has 0 aromatic heterocycles. The molecule has 0 saturated heterocycles. The molecule has 366 valence electrons. The van der Waals surface area contributed by atoms with Crippen molar-refractivity contribution in [3.05, 3.63) is 214 Å². The predicted octanol–water partition coefficient (Wildman–Crippen LogP) is 10.6. The van der Waals surface area contributed by atoms with Gasteiger partial charge in [0.2, 0.25) is 0 Å². The maximum Gasteiger partial charge on any atom is 0.339 e. The highest BCUT2D eigenvalue weighted by atomic mass is 16.5. The second-order valence-corrected chi connectivity index (χ2v) is 19.0. The summed E-state index contributed by atoms with van der Waals surface area (Å²) in [6, 6.07) is 48.5. The van der Waals surface area contributed by atoms with Crippen molar-refractivity contribution in [1.29, 1.82) is 0 Å². The number of carbonyl (C=O) groups excluding carboxylic acids is 3. The monoisotopic (exact) mass is 966 g/mol. The molecule has 12 nitrogen and oxygen atoms in total. The summed E-state index contributed by atoms with van der Waals surface area (Å²) in [5, 5.41) is 31.9. The average Bonchev–Trinajstić information content (AvgIpc) is 3.40. The van der Waals surface area contributed by atoms with Gasteiger partial charge in [-0.05, 0) is 106 Å². The van der Waals surface area contributed by atoms with Gasteiger partial charge >= 0.3 is 35.8 Å². The van der Waals surface area contributed by atoms with Gasteiger partial charge in [-0.2, -0.15) is 0 Å². The smallest absolute Gasteiger partial charge is 0.339 e. The average molecular weight is 967 g/mol. The van der Waals surface area contributed by atoms with E-state index in [2.05, 4.69) is 12.6 Å². The number of carboxylic acids is 3. The molecule has 6 aliphatic rings. The summed E-state index contributed by atoms with van der Waals surface area (Å²) in [6.07, 6.45) is 0.589. The van der Waals surface area contributed by atoms with E-state index in [0.717, 1.165) is 66.1 Å². The maximum absolute atomic E-state index is 13.1. The van der Waals surface area contributed by atoms with Gasteiger partial charge in [-0.15, -0.1) is 0 Å². The van der Waals surface area contributed by atoms with Gasteiger partial charge in [0.15, 0.2) is 0 Å². The van der Waals surface area contributed by atoms with Crippen molar-refractivity contribution in [3.8, 4) is 0 Å². The molecule has 6 aliphatic carbocycles. The molecule has 0 fully saturated rings. The standard InChI is InChI=1S/2C20H18O4.C16H12O2.C4H6O2/c1-19(17(21)22)11-14-12-7-3-5-9-15(12)20(19,18(23)24-2)16-10-6-4-8-13(14)16;1-19(17(21)22)11-20(18(23)24-2)14-9-5-3-7-12(14)16(19)13-8-4-6-10-15(13)20;1-18-16(17)15-13-8-4-2-6-11(13)10-12-7-3-5-9-14(12)15;1-3(2)4(5)6/h3-10,14H,11H2,1-2H3,(H,21,22);3-10,16H,11H2,1-2H3,(H,21,22);2-10H,1H3;1H2,2H3,(H,5,6). The minimum Gasteiger partial charge on any atom is -0.481 e. The third-order valence-electron chi connectivity index (χ3n) is 15.2. The van der Waals surface area contributed by atoms with Crippen molar-refractivity contribution in [1.82, 2.24) is 0 Å². The highest BCUT2D eigenvalue weighted by Crippen LogP contribution is 2.66. The molecule has 2 atom stereocenters. The van der Waals surface area contributed by atoms with Gasteiger partial charge in [0.1, 0.15) is 10.8 Å². The molecule has 2 unspecified atom stereocenters. The lowest BCUT2D eigenvalue weighted by atomic mass is 9.44. The molecule has 0 heterocycles. The highest BCUT2D eigenvalue weighted by Gasteiger charge is 2.69. The molecule has 0 aliphatic heterocycles. The topological polar surface area (TPSA) is 191 Å². The molecular weight excluding hydrogens is 913 g/mol. The van der Waals surface area contributed by atoms with Crippen molar-refractivity contribution in [2.24, 2.45) is 10.8 Å². The van der Waals surface area contributed by atoms with Gasteiger partial charge in [-0.25, -0.2) is 9.59 Å². The first-order valence-electron chi connectivity index (χ1n) is 23.3. The Labute approximate surface area is 416 Å². The second-order valence-electron chi connectivity index (χ2n) is 19.0. The summed E-state index contributed by atoms with van der Waals surface area (Å²) < 4.78 is 15.2. The predicted molar refractivity (Wildman–Crippen MR) is 271 cm³/mol. The molecule has 4 bridgehead atoms. The minimum absolute atomic E-state index is 0.0231. The Kier molecular flexibility index (Phi) is 13.3. The first-order valence-corrected chi connectivity index (χ1v) is 23.3. The van der Waals surface area contributed by atoms with E-state index in [1.807, 2.05) is 146 Å². The Balaban J connectivity index is 0.000000138. The van der Waals surface area contributed by atoms with E-state index in [4.69, 9.17) is 19.3 Å². The summed E-state index contributed by atoms with van der Waals surface area (Å²) in [6.45, 7) is 8.01. The SMILES string of the molecule is C=C(C)C(=O)O.COC(=O)C12CC(C)(C(=O)O)C(c3ccccc31)c1ccccc12.COC(=O)C12c3ccccc3C(CC1(C)C(=O)O)c1ccccc12.COC(=O)c1c2ccccc2cc2ccccc12. The lowest BCUT2D eigenvalue weighted by Crippen LogP contribution is -2.61. The molecule has 12 heteroatoms. The van der Waals surface area contributed by atoms with E-state index in [9.17, 15) is 39.0 Å². The fourth-order valence-corrected chi connectivity index (χ4v) is 11.9. The first-order chi connectivity index (χ1) is 34.4. The normalized spacial score (nSPS) is 23.0. The number of carbonyl (C=O) groups is 6. The quantitative estimate of drug-likeness (QED) is 0.0620. The molecule has 0 amide bonds. The van der Waals surface area contributed by atoms with E-state index in [1.54, 1.807) is 13.8 Å². The van der Waals surface area contributed by atoms with Crippen LogP contribution in [0.4, 0.5) is 0 Å². The summed E-state index contributed by atoms with van der Waals surface area (Å²) >= 11 is 0. The Bertz CT molecular complexity index is 3210. The maximum atomic E-state index is 13.1. The van der Waals surface area contributed by atoms with Crippen LogP contribution in [-0.2, 0) is 49.0 Å². The Morgan fingerprint density at radius 1 is 0.542 bits per heavy atom. The highest BCUT2D eigenvalue weighted by molar-refractivity contribution is 6.16. The zero-order valence-electron chi connectivity index (χ0n) is 40.7. The third-order valence-corrected chi connectivity index (χ3v) is 15.2. The van der Waals surface area contributed by atoms with Crippen LogP contribution in [0.15, 0.2) is 164 Å². The Hall–Kier alpha value is -8.38. The van der Waals surface area contributed by atoms with Gasteiger partial charge in [-0.1, -0.05) is 152 Å². The zero-order valence-corrected chi connectivity index (χ0v) is 40.7. The van der Waals surface area contributed by atoms with E-state index in [-0.39, 0.29) is 29.8 Å². The zero-order chi connectivity index (χ0) is 51.9. The van der Waals surface area contributed by atoms with Gasteiger partial charge in [0.25, 0.3) is 0 Å². The Morgan fingerprint density at radius 2 is 0.944 bits per heavy atom. The van der Waals surface area contributed by atoms with Crippen molar-refractivity contribution in [3.63, 3.8) is 0 Å². The van der Waals surface area contributed by atoms with Crippen LogP contribution >= 0.6 is 0 Å². The van der Waals surface area contributed by atoms with Gasteiger partial charge in [0.05, 0.1) is 37.7 Å². The molecule has 0 radical (unpaired) electrons. The van der Waals surface area contributed by atoms with E-state index in [0.29, 0.717) is 12.0 Å². The van der Waals surface area contributed by atoms with Crippen molar-refractivity contribution >= 4 is 57.4 Å². The van der Waals surface area contributed by atoms with Gasteiger partial charge < -0.3 is 29.5 Å². The van der Waals surface area contributed by atoms with Crippen LogP contribution in [0.3, 0.4) is 0 Å². The molecule has 13 rings (SSSR count). The van der Waals surface area contributed by atoms with E-state index >= 15 is 0 Å². The summed E-state index contributed by atoms with van der Waals surface area (Å²) in [4.78, 5) is 72.2. The van der Waals surface area contributed by atoms with Crippen LogP contribution in [0, 0.1) is 10.8 Å². The largest absolute Gasteiger partial charge is 0.481 e. The number of carboxylic acid groups (broad SMARTS) is 3. The van der Waals surface area contributed by atoms with Crippen molar-refractivity contribution < 1.29 is 58.3 Å². The van der Waals surface area contributed by atoms with E-state index in [1.165, 1.54) is 28.3 Å². The van der Waals surface area contributed by atoms with Crippen LogP contribution in [-0.4, -0.2) is 72.5 Å². The fraction of sp³-hybridized carbons (Fsp3) is 0.233. The number of ether oxygens (including phenoxy) is 3. The summed E-state index contributed by atoms with van der Waals surface area (Å²) in [5.74, 6) is -4.28. The number of hydrogen-bond acceptors (Lipinski definition) is 9. The molecule has 7 aromatic carbocycles. The van der Waals surface area contributed by atoms with Gasteiger partial charge in [-0.3, -0.25) is 19.2 Å². The Morgan fingerprint density at radius 3 is 1.35 bits per heavy atom. The number of rotatable bonds is 6. The van der Waals surface area contributed by atoms with Crippen molar-refractivity contribution in [2.45, 2.75) is 56.3 Å². The number of esters is 3. The third kappa shape index (κ3) is 7.51. The summed E-state index contributed by atoms with van der Waals surface area (Å²) in [5.41, 5.74) is 3.27. The van der Waals surface area contributed by atoms with E-state index < -0.39 is 51.5 Å². The molecular formula is C60H54O12. The number of fused-ring (bicyclic) bond motifs is 4. The minimum atomic E-state index is -1.32. The van der Waals surface area contributed by atoms with Gasteiger partial charge in [0, 0.05) is 17.4 Å². The lowest BCUT2D eigenvalue weighted by Gasteiger charge is -2.55. The molecule has 7 aromatic rings. The first kappa shape index (κ1) is 50.0. The fourth-order valence-electron chi connectivity index (χ4n) is 11.9. The lowest BCUT2D eigenvalue weighted by molar-refractivity contribution is -0.166. The van der Waals surface area contributed by atoms with Crippen molar-refractivity contribution in [2.75, 3.05) is 21.3 Å². The van der Waals surface area contributed by atoms with Crippen LogP contribution in [0.5, 0.6) is 0 Å². The van der Waals surface area contributed by atoms with Crippen LogP contribution in [0.1, 0.15) is 100 Å². The number of benzene rings is 7. The number of aliphatic carboxylic acids is 3.